The highest BCUT2D eigenvalue weighted by Crippen LogP contribution is 2.22. The number of carbonyl (C=O) groups excluding carboxylic acids is 1. The molecule has 1 unspecified atom stereocenters. The smallest absolute Gasteiger partial charge is 0.234 e. The van der Waals surface area contributed by atoms with Crippen LogP contribution in [0.4, 0.5) is 0 Å². The van der Waals surface area contributed by atoms with E-state index in [4.69, 9.17) is 10.8 Å². The van der Waals surface area contributed by atoms with E-state index in [2.05, 4.69) is 5.32 Å². The van der Waals surface area contributed by atoms with Gasteiger partial charge in [-0.05, 0) is 13.0 Å². The van der Waals surface area contributed by atoms with Crippen LogP contribution in [-0.2, 0) is 11.3 Å². The lowest BCUT2D eigenvalue weighted by Gasteiger charge is -2.10. The Morgan fingerprint density at radius 2 is 2.20 bits per heavy atom. The molecule has 5 N–H and O–H groups in total. The molecular weight excluding hydrogens is 196 g/mol. The highest BCUT2D eigenvalue weighted by atomic mass is 16.3. The first kappa shape index (κ1) is 11.3. The monoisotopic (exact) mass is 210 g/mol. The van der Waals surface area contributed by atoms with Crippen LogP contribution in [0.15, 0.2) is 18.2 Å². The Hall–Kier alpha value is -1.75. The molecule has 0 heterocycles. The maximum Gasteiger partial charge on any atom is 0.234 e. The van der Waals surface area contributed by atoms with Gasteiger partial charge in [0, 0.05) is 18.2 Å². The summed E-state index contributed by atoms with van der Waals surface area (Å²) >= 11 is 0. The normalized spacial score (nSPS) is 12.3. The highest BCUT2D eigenvalue weighted by Gasteiger charge is 2.08. The number of primary amides is 1. The van der Waals surface area contributed by atoms with Crippen molar-refractivity contribution < 1.29 is 15.0 Å². The molecule has 5 heteroatoms. The molecule has 1 rings (SSSR count). The van der Waals surface area contributed by atoms with Gasteiger partial charge in [-0.25, -0.2) is 0 Å². The summed E-state index contributed by atoms with van der Waals surface area (Å²) in [6.07, 6.45) is 0. The number of carbonyl (C=O) groups is 1. The average molecular weight is 210 g/mol. The maximum absolute atomic E-state index is 10.7. The Morgan fingerprint density at radius 1 is 1.53 bits per heavy atom. The third-order valence-electron chi connectivity index (χ3n) is 2.09. The second-order valence-electron chi connectivity index (χ2n) is 3.32. The summed E-state index contributed by atoms with van der Waals surface area (Å²) in [5.41, 5.74) is 5.66. The second-order valence-corrected chi connectivity index (χ2v) is 3.32. The van der Waals surface area contributed by atoms with Gasteiger partial charge in [-0.1, -0.05) is 6.07 Å². The summed E-state index contributed by atoms with van der Waals surface area (Å²) in [5.74, 6) is -0.466. The molecule has 0 aliphatic rings. The zero-order valence-corrected chi connectivity index (χ0v) is 8.40. The Balaban J connectivity index is 2.62. The van der Waals surface area contributed by atoms with E-state index in [0.29, 0.717) is 12.1 Å². The summed E-state index contributed by atoms with van der Waals surface area (Å²) in [6, 6.07) is 3.82. The number of benzene rings is 1. The summed E-state index contributed by atoms with van der Waals surface area (Å²) in [6.45, 7) is 1.95. The molecule has 0 saturated carbocycles. The number of nitrogens with one attached hydrogen (secondary N) is 1. The van der Waals surface area contributed by atoms with E-state index in [1.54, 1.807) is 13.0 Å². The number of aromatic hydroxyl groups is 2. The molecule has 1 amide bonds. The Kier molecular flexibility index (Phi) is 3.51. The fraction of sp³-hybridized carbons (Fsp3) is 0.300. The minimum Gasteiger partial charge on any atom is -0.508 e. The number of amides is 1. The van der Waals surface area contributed by atoms with Crippen molar-refractivity contribution in [3.05, 3.63) is 23.8 Å². The molecule has 15 heavy (non-hydrogen) atoms. The molecule has 0 bridgehead atoms. The summed E-state index contributed by atoms with van der Waals surface area (Å²) in [4.78, 5) is 10.7. The number of phenolic OH excluding ortho intramolecular Hbond substituents is 2. The molecule has 0 fully saturated rings. The first-order valence-corrected chi connectivity index (χ1v) is 4.54. The Bertz CT molecular complexity index is 366. The Labute approximate surface area is 87.5 Å². The third-order valence-corrected chi connectivity index (χ3v) is 2.09. The van der Waals surface area contributed by atoms with E-state index in [0.717, 1.165) is 0 Å². The van der Waals surface area contributed by atoms with Gasteiger partial charge in [-0.3, -0.25) is 4.79 Å². The Morgan fingerprint density at radius 3 is 2.73 bits per heavy atom. The van der Waals surface area contributed by atoms with Crippen LogP contribution in [0.3, 0.4) is 0 Å². The minimum absolute atomic E-state index is 0.000741. The number of phenols is 2. The molecular formula is C10H14N2O3. The number of nitrogens with two attached hydrogens (primary N) is 1. The van der Waals surface area contributed by atoms with Crippen LogP contribution in [0.2, 0.25) is 0 Å². The molecule has 0 aliphatic carbocycles. The molecule has 1 aromatic rings. The van der Waals surface area contributed by atoms with Crippen molar-refractivity contribution in [2.75, 3.05) is 0 Å². The molecule has 1 atom stereocenters. The van der Waals surface area contributed by atoms with Crippen LogP contribution in [0, 0.1) is 0 Å². The van der Waals surface area contributed by atoms with Crippen molar-refractivity contribution >= 4 is 5.91 Å². The molecule has 0 aliphatic heterocycles. The number of hydrogen-bond acceptors (Lipinski definition) is 4. The van der Waals surface area contributed by atoms with Crippen LogP contribution >= 0.6 is 0 Å². The highest BCUT2D eigenvalue weighted by molar-refractivity contribution is 5.79. The predicted octanol–water partition coefficient (Wildman–Crippen LogP) is 0.0612. The molecule has 1 aromatic carbocycles. The van der Waals surface area contributed by atoms with E-state index >= 15 is 0 Å². The van der Waals surface area contributed by atoms with Crippen molar-refractivity contribution in [3.8, 4) is 11.5 Å². The van der Waals surface area contributed by atoms with Crippen LogP contribution in [0.25, 0.3) is 0 Å². The second kappa shape index (κ2) is 4.65. The van der Waals surface area contributed by atoms with Crippen molar-refractivity contribution in [2.45, 2.75) is 19.5 Å². The first-order valence-electron chi connectivity index (χ1n) is 4.54. The van der Waals surface area contributed by atoms with E-state index in [1.165, 1.54) is 12.1 Å². The van der Waals surface area contributed by atoms with Gasteiger partial charge >= 0.3 is 0 Å². The minimum atomic E-state index is -0.460. The molecule has 5 nitrogen and oxygen atoms in total. The lowest BCUT2D eigenvalue weighted by atomic mass is 10.2. The van der Waals surface area contributed by atoms with Gasteiger partial charge in [0.1, 0.15) is 11.5 Å². The molecule has 0 saturated heterocycles. The van der Waals surface area contributed by atoms with Gasteiger partial charge in [-0.2, -0.15) is 0 Å². The van der Waals surface area contributed by atoms with Crippen LogP contribution in [0.5, 0.6) is 11.5 Å². The number of rotatable bonds is 4. The summed E-state index contributed by atoms with van der Waals surface area (Å²) in [7, 11) is 0. The van der Waals surface area contributed by atoms with E-state index in [-0.39, 0.29) is 11.5 Å². The SMILES string of the molecule is CC(NCc1ccc(O)cc1O)C(N)=O. The average Bonchev–Trinajstić information content (AvgIpc) is 2.15. The van der Waals surface area contributed by atoms with Gasteiger partial charge in [-0.15, -0.1) is 0 Å². The zero-order valence-electron chi connectivity index (χ0n) is 8.40. The fourth-order valence-corrected chi connectivity index (χ4v) is 1.07. The van der Waals surface area contributed by atoms with E-state index in [1.807, 2.05) is 0 Å². The topological polar surface area (TPSA) is 95.6 Å². The molecule has 82 valence electrons. The molecule has 0 spiro atoms. The lowest BCUT2D eigenvalue weighted by molar-refractivity contribution is -0.119. The predicted molar refractivity (Wildman–Crippen MR) is 55.3 cm³/mol. The van der Waals surface area contributed by atoms with Crippen molar-refractivity contribution in [1.82, 2.24) is 5.32 Å². The van der Waals surface area contributed by atoms with Gasteiger partial charge in [0.2, 0.25) is 5.91 Å². The van der Waals surface area contributed by atoms with Gasteiger partial charge in [0.25, 0.3) is 0 Å². The first-order chi connectivity index (χ1) is 7.00. The van der Waals surface area contributed by atoms with Crippen LogP contribution < -0.4 is 11.1 Å². The summed E-state index contributed by atoms with van der Waals surface area (Å²) in [5, 5.41) is 21.3. The molecule has 0 aromatic heterocycles. The van der Waals surface area contributed by atoms with Crippen LogP contribution in [0.1, 0.15) is 12.5 Å². The third kappa shape index (κ3) is 3.14. The summed E-state index contributed by atoms with van der Waals surface area (Å²) < 4.78 is 0. The van der Waals surface area contributed by atoms with Crippen LogP contribution in [-0.4, -0.2) is 22.2 Å². The van der Waals surface area contributed by atoms with E-state index < -0.39 is 11.9 Å². The zero-order chi connectivity index (χ0) is 11.4. The standard InChI is InChI=1S/C10H14N2O3/c1-6(10(11)15)12-5-7-2-3-8(13)4-9(7)14/h2-4,6,12-14H,5H2,1H3,(H2,11,15). The van der Waals surface area contributed by atoms with Gasteiger partial charge < -0.3 is 21.3 Å². The maximum atomic E-state index is 10.7. The number of hydrogen-bond donors (Lipinski definition) is 4. The largest absolute Gasteiger partial charge is 0.508 e. The van der Waals surface area contributed by atoms with Gasteiger partial charge in [0.05, 0.1) is 6.04 Å². The molecule has 0 radical (unpaired) electrons. The fourth-order valence-electron chi connectivity index (χ4n) is 1.07. The van der Waals surface area contributed by atoms with Crippen molar-refractivity contribution in [1.29, 1.82) is 0 Å². The quantitative estimate of drug-likeness (QED) is 0.565. The lowest BCUT2D eigenvalue weighted by Crippen LogP contribution is -2.38. The van der Waals surface area contributed by atoms with Crippen molar-refractivity contribution in [2.24, 2.45) is 5.73 Å². The van der Waals surface area contributed by atoms with Gasteiger partial charge in [0.15, 0.2) is 0 Å². The van der Waals surface area contributed by atoms with E-state index in [9.17, 15) is 9.90 Å². The van der Waals surface area contributed by atoms with Crippen molar-refractivity contribution in [3.63, 3.8) is 0 Å².